The Morgan fingerprint density at radius 2 is 1.74 bits per heavy atom. The first-order valence-corrected chi connectivity index (χ1v) is 13.3. The first-order valence-electron chi connectivity index (χ1n) is 12.2. The highest BCUT2D eigenvalue weighted by Crippen LogP contribution is 2.34. The molecule has 4 aromatic rings. The molecule has 1 N–H and O–H groups in total. The topological polar surface area (TPSA) is 98.3 Å². The van der Waals surface area contributed by atoms with E-state index in [0.717, 1.165) is 0 Å². The fourth-order valence-corrected chi connectivity index (χ4v) is 5.41. The van der Waals surface area contributed by atoms with E-state index in [1.54, 1.807) is 42.2 Å². The number of nitrogens with zero attached hydrogens (tertiary/aromatic N) is 4. The zero-order valence-corrected chi connectivity index (χ0v) is 22.8. The molecule has 38 heavy (non-hydrogen) atoms. The van der Waals surface area contributed by atoms with Gasteiger partial charge in [-0.25, -0.2) is 9.18 Å². The van der Waals surface area contributed by atoms with E-state index < -0.39 is 22.6 Å². The largest absolute Gasteiger partial charge is 0.338 e. The first kappa shape index (κ1) is 24.6. The van der Waals surface area contributed by atoms with Crippen molar-refractivity contribution in [3.05, 3.63) is 88.6 Å². The van der Waals surface area contributed by atoms with Crippen LogP contribution in [-0.2, 0) is 11.8 Å². The van der Waals surface area contributed by atoms with Gasteiger partial charge in [0.1, 0.15) is 17.0 Å². The third-order valence-electron chi connectivity index (χ3n) is 7.19. The van der Waals surface area contributed by atoms with Crippen LogP contribution in [0.3, 0.4) is 0 Å². The molecule has 11 heteroatoms. The summed E-state index contributed by atoms with van der Waals surface area (Å²) >= 11 is 2.00. The Bertz CT molecular complexity index is 1850. The Kier molecular flexibility index (Phi) is 5.78. The van der Waals surface area contributed by atoms with Crippen LogP contribution in [-0.4, -0.2) is 26.2 Å². The molecule has 194 valence electrons. The van der Waals surface area contributed by atoms with Gasteiger partial charge in [-0.1, -0.05) is 6.07 Å². The molecule has 2 aromatic carbocycles. The van der Waals surface area contributed by atoms with Crippen LogP contribution in [0, 0.1) is 16.3 Å². The average Bonchev–Trinajstić information content (AvgIpc) is 3.71. The van der Waals surface area contributed by atoms with Crippen LogP contribution in [0.15, 0.2) is 56.8 Å². The van der Waals surface area contributed by atoms with Crippen molar-refractivity contribution < 1.29 is 9.18 Å². The Hall–Kier alpha value is -3.74. The van der Waals surface area contributed by atoms with E-state index >= 15 is 0 Å². The van der Waals surface area contributed by atoms with Crippen LogP contribution >= 0.6 is 22.6 Å². The molecule has 0 radical (unpaired) electrons. The van der Waals surface area contributed by atoms with Crippen molar-refractivity contribution in [3.63, 3.8) is 0 Å². The van der Waals surface area contributed by atoms with Crippen molar-refractivity contribution in [2.75, 3.05) is 16.8 Å². The minimum Gasteiger partial charge on any atom is -0.338 e. The molecular weight excluding hydrogens is 604 g/mol. The van der Waals surface area contributed by atoms with Crippen LogP contribution in [0.25, 0.3) is 16.6 Å². The average molecular weight is 627 g/mol. The minimum atomic E-state index is -0.556. The Labute approximate surface area is 229 Å². The number of carbonyl (C=O) groups excluding carboxylic acids is 1. The van der Waals surface area contributed by atoms with E-state index in [0.29, 0.717) is 40.8 Å². The smallest absolute Gasteiger partial charge is 0.336 e. The van der Waals surface area contributed by atoms with Crippen molar-refractivity contribution in [1.29, 1.82) is 0 Å². The maximum absolute atomic E-state index is 14.8. The summed E-state index contributed by atoms with van der Waals surface area (Å²) in [6, 6.07) is 11.3. The molecule has 1 aliphatic heterocycles. The molecule has 6 rings (SSSR count). The van der Waals surface area contributed by atoms with Gasteiger partial charge in [0.15, 0.2) is 0 Å². The van der Waals surface area contributed by atoms with Crippen LogP contribution in [0.2, 0.25) is 0 Å². The number of nitrogens with one attached hydrogen (secondary N) is 1. The summed E-state index contributed by atoms with van der Waals surface area (Å²) in [6.45, 7) is 2.15. The maximum atomic E-state index is 14.8. The molecule has 0 atom stereocenters. The minimum absolute atomic E-state index is 0.0154. The molecule has 1 aliphatic carbocycles. The van der Waals surface area contributed by atoms with Gasteiger partial charge in [-0.15, -0.1) is 0 Å². The van der Waals surface area contributed by atoms with Gasteiger partial charge >= 0.3 is 5.69 Å². The standard InChI is InChI=1S/C27H23FIN5O4/c1-14-23-22(24(31(2)25(14)36)30-20-9-6-15(29)12-19(20)28)26(37)34(16-7-8-16)27(38)33(23)18-5-3-4-17(13-18)32-11-10-21(32)35/h3-6,9,12-13,16,30H,7-8,10-11H2,1-2H3. The monoisotopic (exact) mass is 627 g/mol. The lowest BCUT2D eigenvalue weighted by Gasteiger charge is -2.31. The van der Waals surface area contributed by atoms with Gasteiger partial charge in [0.05, 0.1) is 16.9 Å². The molecule has 3 heterocycles. The molecule has 1 saturated heterocycles. The summed E-state index contributed by atoms with van der Waals surface area (Å²) in [5.74, 6) is -0.461. The number of aryl methyl sites for hydroxylation is 1. The number of halogens is 2. The summed E-state index contributed by atoms with van der Waals surface area (Å²) < 4.78 is 19.4. The fourth-order valence-electron chi connectivity index (χ4n) is 4.96. The number of fused-ring (bicyclic) bond motifs is 1. The number of hydrogen-bond acceptors (Lipinski definition) is 5. The number of aromatic nitrogens is 3. The number of anilines is 3. The number of hydrogen-bond donors (Lipinski definition) is 1. The maximum Gasteiger partial charge on any atom is 0.336 e. The van der Waals surface area contributed by atoms with Crippen LogP contribution < -0.4 is 27.0 Å². The molecule has 2 aliphatic rings. The predicted molar refractivity (Wildman–Crippen MR) is 151 cm³/mol. The van der Waals surface area contributed by atoms with Gasteiger partial charge in [-0.05, 0) is 78.8 Å². The van der Waals surface area contributed by atoms with E-state index in [2.05, 4.69) is 5.32 Å². The van der Waals surface area contributed by atoms with Gasteiger partial charge in [0.25, 0.3) is 11.1 Å². The zero-order chi connectivity index (χ0) is 26.9. The molecule has 0 unspecified atom stereocenters. The van der Waals surface area contributed by atoms with Crippen molar-refractivity contribution in [1.82, 2.24) is 13.7 Å². The third kappa shape index (κ3) is 3.79. The zero-order valence-electron chi connectivity index (χ0n) is 20.6. The highest BCUT2D eigenvalue weighted by Gasteiger charge is 2.32. The summed E-state index contributed by atoms with van der Waals surface area (Å²) in [7, 11) is 1.51. The van der Waals surface area contributed by atoms with E-state index in [1.165, 1.54) is 32.9 Å². The highest BCUT2D eigenvalue weighted by atomic mass is 127. The summed E-state index contributed by atoms with van der Waals surface area (Å²) in [4.78, 5) is 54.9. The van der Waals surface area contributed by atoms with E-state index in [4.69, 9.17) is 0 Å². The van der Waals surface area contributed by atoms with Gasteiger partial charge in [-0.2, -0.15) is 0 Å². The number of β-lactam (4-membered cyclic amide) rings is 1. The second-order valence-corrected chi connectivity index (χ2v) is 10.9. The lowest BCUT2D eigenvalue weighted by atomic mass is 10.1. The van der Waals surface area contributed by atoms with Crippen LogP contribution in [0.1, 0.15) is 30.9 Å². The predicted octanol–water partition coefficient (Wildman–Crippen LogP) is 3.72. The number of pyridine rings is 1. The fraction of sp³-hybridized carbons (Fsp3) is 0.259. The first-order chi connectivity index (χ1) is 18.2. The van der Waals surface area contributed by atoms with E-state index in [1.807, 2.05) is 22.6 Å². The molecule has 0 bridgehead atoms. The number of benzene rings is 2. The molecular formula is C27H23FIN5O4. The lowest BCUT2D eigenvalue weighted by molar-refractivity contribution is -0.122. The van der Waals surface area contributed by atoms with Gasteiger partial charge in [0, 0.05) is 40.9 Å². The summed E-state index contributed by atoms with van der Waals surface area (Å²) in [6.07, 6.45) is 1.82. The number of carbonyl (C=O) groups is 1. The summed E-state index contributed by atoms with van der Waals surface area (Å²) in [5.41, 5.74) is -0.0159. The number of rotatable bonds is 5. The SMILES string of the molecule is Cc1c(=O)n(C)c(Nc2ccc(I)cc2F)c2c(=O)n(C3CC3)c(=O)n(-c3cccc(N4CCC4=O)c3)c12. The molecule has 2 fully saturated rings. The van der Waals surface area contributed by atoms with Crippen LogP contribution in [0.5, 0.6) is 0 Å². The second-order valence-electron chi connectivity index (χ2n) is 9.65. The molecule has 9 nitrogen and oxygen atoms in total. The highest BCUT2D eigenvalue weighted by molar-refractivity contribution is 14.1. The van der Waals surface area contributed by atoms with Crippen LogP contribution in [0.4, 0.5) is 21.6 Å². The number of amides is 1. The van der Waals surface area contributed by atoms with Crippen molar-refractivity contribution in [3.8, 4) is 5.69 Å². The Morgan fingerprint density at radius 1 is 1.00 bits per heavy atom. The lowest BCUT2D eigenvalue weighted by Crippen LogP contribution is -2.43. The second kappa shape index (κ2) is 8.93. The molecule has 1 saturated carbocycles. The van der Waals surface area contributed by atoms with Crippen molar-refractivity contribution in [2.24, 2.45) is 7.05 Å². The van der Waals surface area contributed by atoms with E-state index in [-0.39, 0.29) is 39.9 Å². The van der Waals surface area contributed by atoms with Gasteiger partial charge < -0.3 is 10.2 Å². The molecule has 2 aromatic heterocycles. The summed E-state index contributed by atoms with van der Waals surface area (Å²) in [5, 5.41) is 3.07. The molecule has 1 amide bonds. The van der Waals surface area contributed by atoms with Gasteiger partial charge in [-0.3, -0.25) is 28.1 Å². The quantitative estimate of drug-likeness (QED) is 0.269. The Morgan fingerprint density at radius 3 is 2.37 bits per heavy atom. The van der Waals surface area contributed by atoms with Crippen molar-refractivity contribution >= 4 is 56.6 Å². The normalized spacial score (nSPS) is 15.2. The van der Waals surface area contributed by atoms with Gasteiger partial charge in [0.2, 0.25) is 5.91 Å². The van der Waals surface area contributed by atoms with E-state index in [9.17, 15) is 23.6 Å². The Balaban J connectivity index is 1.70. The van der Waals surface area contributed by atoms with Crippen molar-refractivity contribution in [2.45, 2.75) is 32.2 Å². The molecule has 0 spiro atoms. The third-order valence-corrected chi connectivity index (χ3v) is 7.86.